The standard InChI is InChI=1S/C10H16N2O/c1-10(2,3)8-5-7(11)6-9(13)12(8)4/h5-6H,11H2,1-4H3. The van der Waals surface area contributed by atoms with E-state index in [4.69, 9.17) is 5.73 Å². The largest absolute Gasteiger partial charge is 0.399 e. The van der Waals surface area contributed by atoms with Crippen LogP contribution in [0.15, 0.2) is 16.9 Å². The van der Waals surface area contributed by atoms with Crippen molar-refractivity contribution in [3.8, 4) is 0 Å². The second kappa shape index (κ2) is 2.91. The first kappa shape index (κ1) is 9.84. The second-order valence-corrected chi connectivity index (χ2v) is 4.32. The van der Waals surface area contributed by atoms with Crippen molar-refractivity contribution in [2.45, 2.75) is 26.2 Å². The highest BCUT2D eigenvalue weighted by molar-refractivity contribution is 5.39. The molecule has 0 atom stereocenters. The van der Waals surface area contributed by atoms with E-state index in [1.165, 1.54) is 6.07 Å². The van der Waals surface area contributed by atoms with E-state index >= 15 is 0 Å². The summed E-state index contributed by atoms with van der Waals surface area (Å²) in [4.78, 5) is 11.4. The monoisotopic (exact) mass is 180 g/mol. The van der Waals surface area contributed by atoms with Gasteiger partial charge in [-0.2, -0.15) is 0 Å². The van der Waals surface area contributed by atoms with E-state index in [-0.39, 0.29) is 11.0 Å². The van der Waals surface area contributed by atoms with Gasteiger partial charge in [0, 0.05) is 29.9 Å². The SMILES string of the molecule is Cn1c(C(C)(C)C)cc(N)cc1=O. The van der Waals surface area contributed by atoms with Crippen molar-refractivity contribution in [3.63, 3.8) is 0 Å². The van der Waals surface area contributed by atoms with E-state index in [0.29, 0.717) is 5.69 Å². The first-order valence-electron chi connectivity index (χ1n) is 4.29. The van der Waals surface area contributed by atoms with Crippen LogP contribution in [0.5, 0.6) is 0 Å². The van der Waals surface area contributed by atoms with E-state index < -0.39 is 0 Å². The van der Waals surface area contributed by atoms with Crippen molar-refractivity contribution in [1.82, 2.24) is 4.57 Å². The topological polar surface area (TPSA) is 48.0 Å². The van der Waals surface area contributed by atoms with Crippen molar-refractivity contribution in [3.05, 3.63) is 28.2 Å². The first-order chi connectivity index (χ1) is 5.82. The summed E-state index contributed by atoms with van der Waals surface area (Å²) in [7, 11) is 1.77. The number of anilines is 1. The molecule has 72 valence electrons. The third kappa shape index (κ3) is 1.91. The molecule has 3 heteroatoms. The fourth-order valence-corrected chi connectivity index (χ4v) is 1.37. The van der Waals surface area contributed by atoms with Gasteiger partial charge >= 0.3 is 0 Å². The van der Waals surface area contributed by atoms with Crippen molar-refractivity contribution < 1.29 is 0 Å². The number of rotatable bonds is 0. The van der Waals surface area contributed by atoms with Crippen molar-refractivity contribution in [1.29, 1.82) is 0 Å². The molecule has 0 aliphatic carbocycles. The summed E-state index contributed by atoms with van der Waals surface area (Å²) in [5, 5.41) is 0. The Morgan fingerprint density at radius 1 is 1.31 bits per heavy atom. The molecule has 1 aromatic rings. The Balaban J connectivity index is 3.46. The highest BCUT2D eigenvalue weighted by Gasteiger charge is 2.17. The summed E-state index contributed by atoms with van der Waals surface area (Å²) >= 11 is 0. The van der Waals surface area contributed by atoms with Gasteiger partial charge in [0.2, 0.25) is 0 Å². The number of pyridine rings is 1. The molecular weight excluding hydrogens is 164 g/mol. The average Bonchev–Trinajstić information content (AvgIpc) is 1.94. The summed E-state index contributed by atoms with van der Waals surface area (Å²) in [5.41, 5.74) is 7.00. The van der Waals surface area contributed by atoms with Crippen LogP contribution in [-0.2, 0) is 12.5 Å². The summed E-state index contributed by atoms with van der Waals surface area (Å²) in [6.45, 7) is 6.17. The van der Waals surface area contributed by atoms with Gasteiger partial charge in [-0.1, -0.05) is 20.8 Å². The lowest BCUT2D eigenvalue weighted by Crippen LogP contribution is -2.27. The Labute approximate surface area is 78.2 Å². The molecule has 1 rings (SSSR count). The van der Waals surface area contributed by atoms with Crippen molar-refractivity contribution in [2.24, 2.45) is 7.05 Å². The third-order valence-corrected chi connectivity index (χ3v) is 2.05. The molecule has 2 N–H and O–H groups in total. The zero-order chi connectivity index (χ0) is 10.2. The van der Waals surface area contributed by atoms with Crippen LogP contribution >= 0.6 is 0 Å². The van der Waals surface area contributed by atoms with Gasteiger partial charge in [0.15, 0.2) is 0 Å². The maximum atomic E-state index is 11.4. The van der Waals surface area contributed by atoms with Gasteiger partial charge in [-0.25, -0.2) is 0 Å². The lowest BCUT2D eigenvalue weighted by Gasteiger charge is -2.22. The van der Waals surface area contributed by atoms with Crippen molar-refractivity contribution in [2.75, 3.05) is 5.73 Å². The third-order valence-electron chi connectivity index (χ3n) is 2.05. The van der Waals surface area contributed by atoms with Gasteiger partial charge in [0.1, 0.15) is 0 Å². The van der Waals surface area contributed by atoms with Gasteiger partial charge in [0.05, 0.1) is 0 Å². The van der Waals surface area contributed by atoms with E-state index in [9.17, 15) is 4.79 Å². The molecule has 3 nitrogen and oxygen atoms in total. The molecular formula is C10H16N2O. The van der Waals surface area contributed by atoms with Gasteiger partial charge in [-0.05, 0) is 6.07 Å². The number of nitrogen functional groups attached to an aromatic ring is 1. The highest BCUT2D eigenvalue weighted by atomic mass is 16.1. The Morgan fingerprint density at radius 2 is 1.85 bits per heavy atom. The smallest absolute Gasteiger partial charge is 0.252 e. The fraction of sp³-hybridized carbons (Fsp3) is 0.500. The molecule has 0 unspecified atom stereocenters. The van der Waals surface area contributed by atoms with Gasteiger partial charge < -0.3 is 10.3 Å². The Morgan fingerprint density at radius 3 is 2.31 bits per heavy atom. The number of hydrogen-bond acceptors (Lipinski definition) is 2. The number of hydrogen-bond donors (Lipinski definition) is 1. The van der Waals surface area contributed by atoms with E-state index in [1.807, 2.05) is 6.07 Å². The van der Waals surface area contributed by atoms with Crippen LogP contribution in [-0.4, -0.2) is 4.57 Å². The molecule has 0 spiro atoms. The van der Waals surface area contributed by atoms with E-state index in [0.717, 1.165) is 5.69 Å². The molecule has 0 amide bonds. The van der Waals surface area contributed by atoms with Gasteiger partial charge in [-0.3, -0.25) is 4.79 Å². The zero-order valence-corrected chi connectivity index (χ0v) is 8.59. The predicted molar refractivity (Wildman–Crippen MR) is 54.8 cm³/mol. The Kier molecular flexibility index (Phi) is 2.20. The second-order valence-electron chi connectivity index (χ2n) is 4.32. The molecule has 0 fully saturated rings. The van der Waals surface area contributed by atoms with Gasteiger partial charge in [-0.15, -0.1) is 0 Å². The average molecular weight is 180 g/mol. The maximum absolute atomic E-state index is 11.4. The lowest BCUT2D eigenvalue weighted by atomic mass is 9.91. The van der Waals surface area contributed by atoms with Crippen LogP contribution in [0.3, 0.4) is 0 Å². The molecule has 0 aliphatic rings. The zero-order valence-electron chi connectivity index (χ0n) is 8.59. The minimum Gasteiger partial charge on any atom is -0.399 e. The highest BCUT2D eigenvalue weighted by Crippen LogP contribution is 2.21. The Bertz CT molecular complexity index is 371. The molecule has 0 aromatic carbocycles. The van der Waals surface area contributed by atoms with Crippen LogP contribution < -0.4 is 11.3 Å². The molecule has 0 radical (unpaired) electrons. The number of nitrogens with zero attached hydrogens (tertiary/aromatic N) is 1. The summed E-state index contributed by atoms with van der Waals surface area (Å²) in [5.74, 6) is 0. The maximum Gasteiger partial charge on any atom is 0.252 e. The molecule has 0 saturated carbocycles. The lowest BCUT2D eigenvalue weighted by molar-refractivity contribution is 0.531. The fourth-order valence-electron chi connectivity index (χ4n) is 1.37. The van der Waals surface area contributed by atoms with E-state index in [2.05, 4.69) is 20.8 Å². The molecule has 0 saturated heterocycles. The first-order valence-corrected chi connectivity index (χ1v) is 4.29. The summed E-state index contributed by atoms with van der Waals surface area (Å²) < 4.78 is 1.64. The number of nitrogens with two attached hydrogens (primary N) is 1. The summed E-state index contributed by atoms with van der Waals surface area (Å²) in [6, 6.07) is 3.29. The minimum absolute atomic E-state index is 0.0510. The van der Waals surface area contributed by atoms with Crippen LogP contribution in [0, 0.1) is 0 Å². The van der Waals surface area contributed by atoms with Crippen LogP contribution in [0.4, 0.5) is 5.69 Å². The van der Waals surface area contributed by atoms with E-state index in [1.54, 1.807) is 11.6 Å². The molecule has 1 heterocycles. The van der Waals surface area contributed by atoms with Crippen LogP contribution in [0.25, 0.3) is 0 Å². The molecule has 0 aliphatic heterocycles. The molecule has 1 aromatic heterocycles. The molecule has 0 bridgehead atoms. The minimum atomic E-state index is -0.0523. The van der Waals surface area contributed by atoms with Gasteiger partial charge in [0.25, 0.3) is 5.56 Å². The van der Waals surface area contributed by atoms with Crippen LogP contribution in [0.2, 0.25) is 0 Å². The normalized spacial score (nSPS) is 11.7. The van der Waals surface area contributed by atoms with Crippen molar-refractivity contribution >= 4 is 5.69 Å². The quantitative estimate of drug-likeness (QED) is 0.653. The van der Waals surface area contributed by atoms with Crippen LogP contribution in [0.1, 0.15) is 26.5 Å². The Hall–Kier alpha value is -1.25. The predicted octanol–water partition coefficient (Wildman–Crippen LogP) is 1.26. The number of aromatic nitrogens is 1. The summed E-state index contributed by atoms with van der Waals surface area (Å²) in [6.07, 6.45) is 0. The molecule has 13 heavy (non-hydrogen) atoms.